The molecule has 0 aromatic carbocycles. The second-order valence-electron chi connectivity index (χ2n) is 20.2. The maximum atomic E-state index is 14.0. The van der Waals surface area contributed by atoms with Crippen LogP contribution in [0.2, 0.25) is 0 Å². The van der Waals surface area contributed by atoms with E-state index >= 15 is 0 Å². The second-order valence-corrected chi connectivity index (χ2v) is 22.9. The Balaban J connectivity index is 0.000000355. The fourth-order valence-electron chi connectivity index (χ4n) is 9.04. The first-order chi connectivity index (χ1) is 26.5. The maximum absolute atomic E-state index is 14.0. The van der Waals surface area contributed by atoms with Crippen LogP contribution >= 0.6 is 0 Å². The number of amides is 1. The number of carbonyl (C=O) groups excluding carboxylic acids is 6. The molecule has 2 saturated heterocycles. The highest BCUT2D eigenvalue weighted by Gasteiger charge is 2.69. The van der Waals surface area contributed by atoms with Gasteiger partial charge in [-0.15, -0.1) is 0 Å². The van der Waals surface area contributed by atoms with Gasteiger partial charge in [0.05, 0.1) is 41.0 Å². The van der Waals surface area contributed by atoms with E-state index in [0.717, 1.165) is 64.2 Å². The lowest BCUT2D eigenvalue weighted by Crippen LogP contribution is -2.49. The number of hydrogen-bond acceptors (Lipinski definition) is 11. The largest absolute Gasteiger partial charge is 0.460 e. The van der Waals surface area contributed by atoms with Crippen LogP contribution in [0.15, 0.2) is 4.99 Å². The zero-order valence-corrected chi connectivity index (χ0v) is 36.8. The van der Waals surface area contributed by atoms with E-state index in [-0.39, 0.29) is 59.9 Å². The summed E-state index contributed by atoms with van der Waals surface area (Å²) < 4.78 is 35.0. The van der Waals surface area contributed by atoms with Crippen molar-refractivity contribution in [2.24, 2.45) is 40.0 Å². The smallest absolute Gasteiger partial charge is 0.307 e. The number of fused-ring (bicyclic) bond motifs is 3. The lowest BCUT2D eigenvalue weighted by atomic mass is 9.84. The average Bonchev–Trinajstić information content (AvgIpc) is 3.95. The molecule has 0 unspecified atom stereocenters. The minimum Gasteiger partial charge on any atom is -0.460 e. The van der Waals surface area contributed by atoms with Gasteiger partial charge in [0, 0.05) is 31.9 Å². The fraction of sp³-hybridized carbons (Fsp3) is 0.864. The molecule has 0 radical (unpaired) electrons. The van der Waals surface area contributed by atoms with Gasteiger partial charge in [-0.25, -0.2) is 13.2 Å². The molecule has 0 aromatic rings. The van der Waals surface area contributed by atoms with Crippen molar-refractivity contribution in [3.63, 3.8) is 0 Å². The molecule has 3 saturated carbocycles. The third-order valence-corrected chi connectivity index (χ3v) is 15.7. The van der Waals surface area contributed by atoms with Crippen molar-refractivity contribution in [1.29, 1.82) is 0 Å². The number of ether oxygens (including phenoxy) is 2. The van der Waals surface area contributed by atoms with Crippen molar-refractivity contribution in [3.05, 3.63) is 0 Å². The summed E-state index contributed by atoms with van der Waals surface area (Å²) in [7, 11) is -3.25. The zero-order valence-electron chi connectivity index (χ0n) is 36.0. The molecule has 57 heavy (non-hydrogen) atoms. The summed E-state index contributed by atoms with van der Waals surface area (Å²) >= 11 is 0. The molecule has 0 N–H and O–H groups in total. The molecule has 13 heteroatoms. The van der Waals surface area contributed by atoms with Crippen molar-refractivity contribution in [2.45, 2.75) is 180 Å². The summed E-state index contributed by atoms with van der Waals surface area (Å²) in [6.45, 7) is 15.7. The predicted molar refractivity (Wildman–Crippen MR) is 217 cm³/mol. The molecule has 0 bridgehead atoms. The van der Waals surface area contributed by atoms with Gasteiger partial charge in [0.1, 0.15) is 5.60 Å². The summed E-state index contributed by atoms with van der Waals surface area (Å²) in [5.41, 5.74) is -1.46. The van der Waals surface area contributed by atoms with E-state index in [9.17, 15) is 37.2 Å². The van der Waals surface area contributed by atoms with Crippen LogP contribution in [0.25, 0.3) is 0 Å². The molecular formula is C44H70N2O10S. The first-order valence-corrected chi connectivity index (χ1v) is 23.2. The predicted octanol–water partition coefficient (Wildman–Crippen LogP) is 6.94. The van der Waals surface area contributed by atoms with Gasteiger partial charge in [-0.05, 0) is 103 Å². The van der Waals surface area contributed by atoms with E-state index in [1.54, 1.807) is 52.5 Å². The van der Waals surface area contributed by atoms with Gasteiger partial charge in [0.2, 0.25) is 17.8 Å². The van der Waals surface area contributed by atoms with Crippen molar-refractivity contribution in [2.75, 3.05) is 25.5 Å². The Bertz CT molecular complexity index is 1620. The third-order valence-electron chi connectivity index (χ3n) is 12.9. The van der Waals surface area contributed by atoms with Gasteiger partial charge in [-0.2, -0.15) is 4.99 Å². The number of carbonyl (C=O) groups is 5. The van der Waals surface area contributed by atoms with Crippen LogP contribution in [0, 0.1) is 35.0 Å². The first kappa shape index (κ1) is 46.9. The van der Waals surface area contributed by atoms with Crippen molar-refractivity contribution >= 4 is 45.1 Å². The molecule has 5 atom stereocenters. The summed E-state index contributed by atoms with van der Waals surface area (Å²) in [5.74, 6) is -2.45. The molecular weight excluding hydrogens is 749 g/mol. The quantitative estimate of drug-likeness (QED) is 0.103. The van der Waals surface area contributed by atoms with E-state index in [2.05, 4.69) is 18.8 Å². The number of ketones is 3. The molecule has 12 nitrogen and oxygen atoms in total. The normalized spacial score (nSPS) is 28.4. The van der Waals surface area contributed by atoms with Gasteiger partial charge in [-0.3, -0.25) is 24.0 Å². The van der Waals surface area contributed by atoms with Crippen LogP contribution in [-0.2, 0) is 48.1 Å². The van der Waals surface area contributed by atoms with Crippen molar-refractivity contribution in [3.8, 4) is 0 Å². The minimum absolute atomic E-state index is 0.00375. The number of sulfone groups is 1. The first-order valence-electron chi connectivity index (χ1n) is 21.5. The van der Waals surface area contributed by atoms with Gasteiger partial charge in [0.15, 0.2) is 21.4 Å². The van der Waals surface area contributed by atoms with Crippen LogP contribution in [-0.4, -0.2) is 96.1 Å². The number of Topliss-reactive ketones (excluding diaryl/α,β-unsaturated/α-hetero) is 3. The Morgan fingerprint density at radius 1 is 0.895 bits per heavy atom. The molecule has 322 valence electrons. The molecule has 3 aliphatic carbocycles. The number of esters is 1. The Morgan fingerprint density at radius 3 is 2.11 bits per heavy atom. The van der Waals surface area contributed by atoms with Crippen molar-refractivity contribution < 1.29 is 46.7 Å². The van der Waals surface area contributed by atoms with Gasteiger partial charge in [-0.1, -0.05) is 58.8 Å². The van der Waals surface area contributed by atoms with E-state index in [1.807, 2.05) is 0 Å². The average molecular weight is 819 g/mol. The molecule has 5 aliphatic rings. The molecule has 2 heterocycles. The Hall–Kier alpha value is -2.76. The van der Waals surface area contributed by atoms with Crippen LogP contribution in [0.3, 0.4) is 0 Å². The van der Waals surface area contributed by atoms with Crippen molar-refractivity contribution in [1.82, 2.24) is 4.90 Å². The lowest BCUT2D eigenvalue weighted by molar-refractivity contribution is -0.160. The number of piperidine rings is 1. The van der Waals surface area contributed by atoms with E-state index < -0.39 is 55.4 Å². The highest BCUT2D eigenvalue weighted by atomic mass is 32.2. The van der Waals surface area contributed by atoms with Gasteiger partial charge < -0.3 is 14.4 Å². The number of hydrogen-bond donors (Lipinski definition) is 0. The zero-order chi connectivity index (χ0) is 42.4. The number of nitrogens with zero attached hydrogens (tertiary/aromatic N) is 2. The summed E-state index contributed by atoms with van der Waals surface area (Å²) in [4.78, 5) is 82.7. The number of aliphatic imine (C=N–C) groups is 1. The van der Waals surface area contributed by atoms with E-state index in [0.29, 0.717) is 44.8 Å². The Morgan fingerprint density at radius 2 is 1.51 bits per heavy atom. The molecule has 2 aliphatic heterocycles. The molecule has 5 rings (SSSR count). The van der Waals surface area contributed by atoms with Crippen LogP contribution < -0.4 is 0 Å². The number of rotatable bonds is 9. The molecule has 0 aromatic heterocycles. The maximum Gasteiger partial charge on any atom is 0.307 e. The standard InChI is InChI=1S/C32H49NO7.C12H21NO3S/c1-31(2,3)40-26(36)17-22-19-39-14-10-8-6-7-9-11-21(29(37)25(35)15-20-12-13-20)16-24(34)28-27-23(32(27,4)5)18-33(28)30(22)38;1-11(2,3)17(15,16)9-12(13-10-14)7-5-4-6-8-12/h20-23,27-28H,6-19H2,1-5H3;4-9H2,1-3H3/t21-,22+,23+,27+,28-;/m1./s1. The number of isocyanates is 1. The van der Waals surface area contributed by atoms with Crippen LogP contribution in [0.5, 0.6) is 0 Å². The highest BCUT2D eigenvalue weighted by molar-refractivity contribution is 7.92. The second kappa shape index (κ2) is 19.1. The molecule has 1 amide bonds. The third kappa shape index (κ3) is 12.9. The minimum atomic E-state index is -3.25. The summed E-state index contributed by atoms with van der Waals surface area (Å²) in [6.07, 6.45) is 13.1. The topological polar surface area (TPSA) is 171 Å². The monoisotopic (exact) mass is 818 g/mol. The summed E-state index contributed by atoms with van der Waals surface area (Å²) in [5, 5.41) is 0. The SMILES string of the molecule is CC(C)(C)OC(=O)C[C@H]1COCCCCCCC[C@@H](C(=O)C(=O)CC2CC2)CC(=O)[C@@H]2[C@@H]3[C@H](CN2C1=O)C3(C)C.CC(C)(C)S(=O)(=O)CC1(N=C=O)CCCCC1. The Kier molecular flexibility index (Phi) is 15.7. The Labute approximate surface area is 341 Å². The van der Waals surface area contributed by atoms with E-state index in [4.69, 9.17) is 9.47 Å². The van der Waals surface area contributed by atoms with Gasteiger partial charge >= 0.3 is 5.97 Å². The van der Waals surface area contributed by atoms with Crippen LogP contribution in [0.1, 0.15) is 158 Å². The molecule has 0 spiro atoms. The fourth-order valence-corrected chi connectivity index (χ4v) is 10.5. The summed E-state index contributed by atoms with van der Waals surface area (Å²) in [6, 6.07) is -0.643. The van der Waals surface area contributed by atoms with E-state index in [1.165, 1.54) is 0 Å². The highest BCUT2D eigenvalue weighted by Crippen LogP contribution is 2.65. The van der Waals surface area contributed by atoms with Crippen LogP contribution in [0.4, 0.5) is 0 Å². The van der Waals surface area contributed by atoms with Gasteiger partial charge in [0.25, 0.3) is 0 Å². The molecule has 5 fully saturated rings. The lowest BCUT2D eigenvalue weighted by Gasteiger charge is -2.34.